The Labute approximate surface area is 147 Å². The number of aromatic nitrogens is 1. The summed E-state index contributed by atoms with van der Waals surface area (Å²) in [6.07, 6.45) is 2.65. The van der Waals surface area contributed by atoms with Gasteiger partial charge in [-0.15, -0.1) is 0 Å². The Hall–Kier alpha value is -3.14. The second kappa shape index (κ2) is 8.11. The summed E-state index contributed by atoms with van der Waals surface area (Å²) in [5.74, 6) is -0.186. The second-order valence-corrected chi connectivity index (χ2v) is 5.77. The van der Waals surface area contributed by atoms with E-state index in [4.69, 9.17) is 0 Å². The van der Waals surface area contributed by atoms with Gasteiger partial charge in [0, 0.05) is 24.1 Å². The summed E-state index contributed by atoms with van der Waals surface area (Å²) in [6.45, 7) is 2.61. The number of rotatable bonds is 6. The smallest absolute Gasteiger partial charge is 0.270 e. The van der Waals surface area contributed by atoms with E-state index in [2.05, 4.69) is 34.7 Å². The number of carbonyl (C=O) groups excluding carboxylic acids is 1. The predicted molar refractivity (Wildman–Crippen MR) is 101 cm³/mol. The van der Waals surface area contributed by atoms with E-state index in [0.29, 0.717) is 12.2 Å². The maximum Gasteiger partial charge on any atom is 0.270 e. The maximum absolute atomic E-state index is 12.3. The molecule has 0 spiro atoms. The van der Waals surface area contributed by atoms with Gasteiger partial charge in [0.05, 0.1) is 0 Å². The largest absolute Gasteiger partial charge is 0.355 e. The Balaban J connectivity index is 1.64. The summed E-state index contributed by atoms with van der Waals surface area (Å²) in [5, 5.41) is 6.20. The van der Waals surface area contributed by atoms with E-state index in [0.717, 1.165) is 23.4 Å². The van der Waals surface area contributed by atoms with Gasteiger partial charge in [0.1, 0.15) is 5.69 Å². The number of anilines is 2. The van der Waals surface area contributed by atoms with Crippen molar-refractivity contribution in [3.05, 3.63) is 89.7 Å². The number of benzene rings is 2. The van der Waals surface area contributed by atoms with Crippen molar-refractivity contribution in [2.24, 2.45) is 0 Å². The lowest BCUT2D eigenvalue weighted by molar-refractivity contribution is 0.0946. The molecule has 3 rings (SSSR count). The van der Waals surface area contributed by atoms with Crippen LogP contribution in [0.3, 0.4) is 0 Å². The van der Waals surface area contributed by atoms with Crippen LogP contribution < -0.4 is 10.6 Å². The number of nitrogens with zero attached hydrogens (tertiary/aromatic N) is 1. The Kier molecular flexibility index (Phi) is 5.42. The summed E-state index contributed by atoms with van der Waals surface area (Å²) >= 11 is 0. The van der Waals surface area contributed by atoms with Crippen molar-refractivity contribution < 1.29 is 4.79 Å². The Bertz CT molecular complexity index is 829. The van der Waals surface area contributed by atoms with Gasteiger partial charge in [-0.3, -0.25) is 9.78 Å². The molecule has 2 aromatic carbocycles. The summed E-state index contributed by atoms with van der Waals surface area (Å²) in [6, 6.07) is 21.7. The highest BCUT2D eigenvalue weighted by atomic mass is 16.1. The van der Waals surface area contributed by atoms with E-state index in [-0.39, 0.29) is 5.91 Å². The van der Waals surface area contributed by atoms with Gasteiger partial charge < -0.3 is 10.6 Å². The van der Waals surface area contributed by atoms with Crippen LogP contribution >= 0.6 is 0 Å². The quantitative estimate of drug-likeness (QED) is 0.707. The fraction of sp³-hybridized carbons (Fsp3) is 0.143. The summed E-state index contributed by atoms with van der Waals surface area (Å²) < 4.78 is 0. The van der Waals surface area contributed by atoms with Crippen LogP contribution in [0.1, 0.15) is 28.5 Å². The zero-order chi connectivity index (χ0) is 17.5. The van der Waals surface area contributed by atoms with E-state index in [1.54, 1.807) is 12.3 Å². The average molecular weight is 331 g/mol. The van der Waals surface area contributed by atoms with Crippen LogP contribution in [0.5, 0.6) is 0 Å². The SMILES string of the molecule is CCc1ccc(Nc2ccnc(C(=O)NCc3ccccc3)c2)cc1. The van der Waals surface area contributed by atoms with Gasteiger partial charge in [0.2, 0.25) is 0 Å². The highest BCUT2D eigenvalue weighted by Gasteiger charge is 2.08. The lowest BCUT2D eigenvalue weighted by atomic mass is 10.1. The first-order chi connectivity index (χ1) is 12.2. The first kappa shape index (κ1) is 16.7. The number of hydrogen-bond donors (Lipinski definition) is 2. The van der Waals surface area contributed by atoms with Crippen LogP contribution in [0, 0.1) is 0 Å². The molecule has 0 bridgehead atoms. The predicted octanol–water partition coefficient (Wildman–Crippen LogP) is 4.32. The molecule has 1 aromatic heterocycles. The third-order valence-corrected chi connectivity index (χ3v) is 3.94. The van der Waals surface area contributed by atoms with Gasteiger partial charge in [-0.25, -0.2) is 0 Å². The normalized spacial score (nSPS) is 10.3. The highest BCUT2D eigenvalue weighted by Crippen LogP contribution is 2.17. The molecule has 0 saturated carbocycles. The molecule has 2 N–H and O–H groups in total. The molecule has 0 radical (unpaired) electrons. The van der Waals surface area contributed by atoms with Crippen LogP contribution in [0.2, 0.25) is 0 Å². The highest BCUT2D eigenvalue weighted by molar-refractivity contribution is 5.93. The summed E-state index contributed by atoms with van der Waals surface area (Å²) in [7, 11) is 0. The van der Waals surface area contributed by atoms with Crippen molar-refractivity contribution in [2.45, 2.75) is 19.9 Å². The molecule has 0 fully saturated rings. The van der Waals surface area contributed by atoms with E-state index in [1.807, 2.05) is 48.5 Å². The fourth-order valence-electron chi connectivity index (χ4n) is 2.49. The molecule has 0 aliphatic heterocycles. The third-order valence-electron chi connectivity index (χ3n) is 3.94. The maximum atomic E-state index is 12.3. The number of aryl methyl sites for hydroxylation is 1. The van der Waals surface area contributed by atoms with Crippen molar-refractivity contribution >= 4 is 17.3 Å². The molecule has 25 heavy (non-hydrogen) atoms. The van der Waals surface area contributed by atoms with Gasteiger partial charge in [-0.2, -0.15) is 0 Å². The minimum atomic E-state index is -0.186. The lowest BCUT2D eigenvalue weighted by Crippen LogP contribution is -2.23. The molecular weight excluding hydrogens is 310 g/mol. The molecule has 4 heteroatoms. The van der Waals surface area contributed by atoms with Gasteiger partial charge in [-0.1, -0.05) is 49.4 Å². The van der Waals surface area contributed by atoms with Gasteiger partial charge in [0.25, 0.3) is 5.91 Å². The molecular formula is C21H21N3O. The zero-order valence-corrected chi connectivity index (χ0v) is 14.2. The van der Waals surface area contributed by atoms with Gasteiger partial charge in [-0.05, 0) is 41.8 Å². The molecule has 0 unspecified atom stereocenters. The van der Waals surface area contributed by atoms with Crippen molar-refractivity contribution in [1.82, 2.24) is 10.3 Å². The minimum Gasteiger partial charge on any atom is -0.355 e. The van der Waals surface area contributed by atoms with Crippen LogP contribution in [0.4, 0.5) is 11.4 Å². The van der Waals surface area contributed by atoms with Gasteiger partial charge >= 0.3 is 0 Å². The molecule has 0 aliphatic carbocycles. The monoisotopic (exact) mass is 331 g/mol. The number of amides is 1. The van der Waals surface area contributed by atoms with Crippen molar-refractivity contribution in [1.29, 1.82) is 0 Å². The molecule has 1 amide bonds. The molecule has 1 heterocycles. The van der Waals surface area contributed by atoms with E-state index in [1.165, 1.54) is 5.56 Å². The number of nitrogens with one attached hydrogen (secondary N) is 2. The average Bonchev–Trinajstić information content (AvgIpc) is 2.68. The topological polar surface area (TPSA) is 54.0 Å². The first-order valence-corrected chi connectivity index (χ1v) is 8.39. The van der Waals surface area contributed by atoms with Crippen LogP contribution in [0.25, 0.3) is 0 Å². The van der Waals surface area contributed by atoms with E-state index in [9.17, 15) is 4.79 Å². The fourth-order valence-corrected chi connectivity index (χ4v) is 2.49. The molecule has 0 saturated heterocycles. The van der Waals surface area contributed by atoms with Gasteiger partial charge in [0.15, 0.2) is 0 Å². The van der Waals surface area contributed by atoms with Crippen LogP contribution in [-0.2, 0) is 13.0 Å². The summed E-state index contributed by atoms with van der Waals surface area (Å²) in [5.41, 5.74) is 4.57. The van der Waals surface area contributed by atoms with Crippen molar-refractivity contribution in [2.75, 3.05) is 5.32 Å². The zero-order valence-electron chi connectivity index (χ0n) is 14.2. The molecule has 3 aromatic rings. The second-order valence-electron chi connectivity index (χ2n) is 5.77. The van der Waals surface area contributed by atoms with Crippen molar-refractivity contribution in [3.63, 3.8) is 0 Å². The molecule has 0 atom stereocenters. The van der Waals surface area contributed by atoms with Crippen LogP contribution in [-0.4, -0.2) is 10.9 Å². The Morgan fingerprint density at radius 3 is 2.40 bits per heavy atom. The molecule has 126 valence electrons. The van der Waals surface area contributed by atoms with E-state index < -0.39 is 0 Å². The number of carbonyl (C=O) groups is 1. The Morgan fingerprint density at radius 2 is 1.68 bits per heavy atom. The van der Waals surface area contributed by atoms with Crippen molar-refractivity contribution in [3.8, 4) is 0 Å². The molecule has 0 aliphatic rings. The standard InChI is InChI=1S/C21H21N3O/c1-2-16-8-10-18(11-9-16)24-19-12-13-22-20(14-19)21(25)23-15-17-6-4-3-5-7-17/h3-14H,2,15H2,1H3,(H,22,24)(H,23,25). The van der Waals surface area contributed by atoms with Crippen LogP contribution in [0.15, 0.2) is 72.9 Å². The molecule has 4 nitrogen and oxygen atoms in total. The van der Waals surface area contributed by atoms with E-state index >= 15 is 0 Å². The minimum absolute atomic E-state index is 0.186. The third kappa shape index (κ3) is 4.67. The first-order valence-electron chi connectivity index (χ1n) is 8.39. The number of hydrogen-bond acceptors (Lipinski definition) is 3. The Morgan fingerprint density at radius 1 is 0.920 bits per heavy atom. The number of pyridine rings is 1. The lowest BCUT2D eigenvalue weighted by Gasteiger charge is -2.09. The summed E-state index contributed by atoms with van der Waals surface area (Å²) in [4.78, 5) is 16.5.